The molecule has 0 aromatic carbocycles. The van der Waals surface area contributed by atoms with Crippen LogP contribution in [0.25, 0.3) is 0 Å². The van der Waals surface area contributed by atoms with Crippen molar-refractivity contribution < 1.29 is 23.8 Å². The molecule has 0 heterocycles. The second kappa shape index (κ2) is 9.46. The molecule has 0 saturated heterocycles. The maximum atomic E-state index is 11.4. The first-order chi connectivity index (χ1) is 8.15. The molecule has 0 bridgehead atoms. The number of nitrogens with zero attached hydrogens (tertiary/aromatic N) is 1. The zero-order valence-corrected chi connectivity index (χ0v) is 10.1. The summed E-state index contributed by atoms with van der Waals surface area (Å²) < 4.78 is 14.1. The minimum absolute atomic E-state index is 0.0153. The van der Waals surface area contributed by atoms with Gasteiger partial charge in [0.05, 0.1) is 13.2 Å². The van der Waals surface area contributed by atoms with Gasteiger partial charge in [0, 0.05) is 12.8 Å². The lowest BCUT2D eigenvalue weighted by Gasteiger charge is -2.12. The number of ether oxygens (including phenoxy) is 3. The van der Waals surface area contributed by atoms with E-state index in [1.807, 2.05) is 6.92 Å². The molecule has 17 heavy (non-hydrogen) atoms. The van der Waals surface area contributed by atoms with Gasteiger partial charge in [0.2, 0.25) is 6.10 Å². The molecule has 0 amide bonds. The van der Waals surface area contributed by atoms with Crippen LogP contribution in [0.4, 0.5) is 0 Å². The third-order valence-electron chi connectivity index (χ3n) is 1.82. The molecular formula is C11H17NO5. The van der Waals surface area contributed by atoms with E-state index >= 15 is 0 Å². The summed E-state index contributed by atoms with van der Waals surface area (Å²) in [5.41, 5.74) is 0. The second-order valence-electron chi connectivity index (χ2n) is 3.21. The number of hydrogen-bond acceptors (Lipinski definition) is 6. The molecule has 6 nitrogen and oxygen atoms in total. The van der Waals surface area contributed by atoms with Crippen LogP contribution in [0.15, 0.2) is 0 Å². The van der Waals surface area contributed by atoms with Gasteiger partial charge < -0.3 is 14.2 Å². The van der Waals surface area contributed by atoms with Crippen LogP contribution in [-0.4, -0.2) is 31.3 Å². The van der Waals surface area contributed by atoms with Crippen molar-refractivity contribution in [2.45, 2.75) is 39.2 Å². The number of hydrogen-bond donors (Lipinski definition) is 0. The van der Waals surface area contributed by atoms with E-state index in [-0.39, 0.29) is 26.1 Å². The highest BCUT2D eigenvalue weighted by Crippen LogP contribution is 2.06. The van der Waals surface area contributed by atoms with Gasteiger partial charge in [0.25, 0.3) is 6.26 Å². The van der Waals surface area contributed by atoms with Gasteiger partial charge in [-0.3, -0.25) is 4.79 Å². The first-order valence-electron chi connectivity index (χ1n) is 5.52. The second-order valence-corrected chi connectivity index (χ2v) is 3.21. The average molecular weight is 243 g/mol. The van der Waals surface area contributed by atoms with E-state index in [0.717, 1.165) is 0 Å². The van der Waals surface area contributed by atoms with Crippen molar-refractivity contribution in [2.24, 2.45) is 0 Å². The van der Waals surface area contributed by atoms with Crippen LogP contribution < -0.4 is 0 Å². The Morgan fingerprint density at radius 3 is 2.53 bits per heavy atom. The molecule has 0 aliphatic carbocycles. The largest absolute Gasteiger partial charge is 0.466 e. The van der Waals surface area contributed by atoms with Crippen LogP contribution in [0.1, 0.15) is 33.1 Å². The summed E-state index contributed by atoms with van der Waals surface area (Å²) >= 11 is 0. The highest BCUT2D eigenvalue weighted by molar-refractivity contribution is 5.76. The third-order valence-corrected chi connectivity index (χ3v) is 1.82. The average Bonchev–Trinajstić information content (AvgIpc) is 2.31. The minimum Gasteiger partial charge on any atom is -0.466 e. The van der Waals surface area contributed by atoms with Crippen LogP contribution in [0, 0.1) is 11.5 Å². The summed E-state index contributed by atoms with van der Waals surface area (Å²) in [6.07, 6.45) is 1.17. The lowest BCUT2D eigenvalue weighted by Crippen LogP contribution is -2.26. The van der Waals surface area contributed by atoms with Crippen LogP contribution in [0.2, 0.25) is 0 Å². The van der Waals surface area contributed by atoms with Crippen molar-refractivity contribution in [3.8, 4) is 6.26 Å². The van der Waals surface area contributed by atoms with E-state index in [2.05, 4.69) is 4.74 Å². The van der Waals surface area contributed by atoms with Gasteiger partial charge in [0.15, 0.2) is 0 Å². The standard InChI is InChI=1S/C11H17NO5/c1-3-7-16-11(14)9(17-8-12)5-6-10(13)15-4-2/h9H,3-7H2,1-2H3. The number of carbonyl (C=O) groups excluding carboxylic acids is 2. The van der Waals surface area contributed by atoms with Crippen molar-refractivity contribution in [1.29, 1.82) is 5.26 Å². The molecule has 0 radical (unpaired) electrons. The number of nitriles is 1. The van der Waals surface area contributed by atoms with Gasteiger partial charge in [-0.25, -0.2) is 4.79 Å². The van der Waals surface area contributed by atoms with Gasteiger partial charge in [-0.05, 0) is 13.3 Å². The van der Waals surface area contributed by atoms with E-state index in [4.69, 9.17) is 14.7 Å². The van der Waals surface area contributed by atoms with Crippen molar-refractivity contribution in [1.82, 2.24) is 0 Å². The fourth-order valence-electron chi connectivity index (χ4n) is 1.07. The van der Waals surface area contributed by atoms with Crippen molar-refractivity contribution in [3.63, 3.8) is 0 Å². The van der Waals surface area contributed by atoms with Gasteiger partial charge in [-0.2, -0.15) is 5.26 Å². The third kappa shape index (κ3) is 7.17. The van der Waals surface area contributed by atoms with E-state index in [9.17, 15) is 9.59 Å². The molecule has 0 aromatic heterocycles. The summed E-state index contributed by atoms with van der Waals surface area (Å²) in [6, 6.07) is 0. The highest BCUT2D eigenvalue weighted by atomic mass is 16.6. The Hall–Kier alpha value is -1.77. The van der Waals surface area contributed by atoms with Gasteiger partial charge in [0.1, 0.15) is 0 Å². The van der Waals surface area contributed by atoms with Gasteiger partial charge in [-0.1, -0.05) is 6.92 Å². The fraction of sp³-hybridized carbons (Fsp3) is 0.727. The smallest absolute Gasteiger partial charge is 0.348 e. The Morgan fingerprint density at radius 2 is 2.00 bits per heavy atom. The summed E-state index contributed by atoms with van der Waals surface area (Å²) in [6.45, 7) is 4.09. The molecule has 0 N–H and O–H groups in total. The first-order valence-corrected chi connectivity index (χ1v) is 5.52. The Morgan fingerprint density at radius 1 is 1.29 bits per heavy atom. The fourth-order valence-corrected chi connectivity index (χ4v) is 1.07. The number of carbonyl (C=O) groups is 2. The molecule has 0 spiro atoms. The van der Waals surface area contributed by atoms with Crippen molar-refractivity contribution in [3.05, 3.63) is 0 Å². The summed E-state index contributed by atoms with van der Waals surface area (Å²) in [5.74, 6) is -1.06. The Kier molecular flexibility index (Phi) is 8.47. The summed E-state index contributed by atoms with van der Waals surface area (Å²) in [4.78, 5) is 22.5. The lowest BCUT2D eigenvalue weighted by molar-refractivity contribution is -0.154. The summed E-state index contributed by atoms with van der Waals surface area (Å²) in [5, 5.41) is 8.38. The number of esters is 2. The minimum atomic E-state index is -1.03. The zero-order valence-electron chi connectivity index (χ0n) is 10.1. The van der Waals surface area contributed by atoms with Crippen LogP contribution >= 0.6 is 0 Å². The van der Waals surface area contributed by atoms with Crippen LogP contribution in [0.5, 0.6) is 0 Å². The zero-order chi connectivity index (χ0) is 13.1. The molecule has 96 valence electrons. The molecule has 0 aliphatic rings. The molecule has 0 fully saturated rings. The normalized spacial score (nSPS) is 11.1. The van der Waals surface area contributed by atoms with E-state index in [1.54, 1.807) is 6.92 Å². The Balaban J connectivity index is 4.10. The first kappa shape index (κ1) is 15.2. The molecule has 1 atom stereocenters. The molecular weight excluding hydrogens is 226 g/mol. The molecule has 0 aromatic rings. The molecule has 1 unspecified atom stereocenters. The highest BCUT2D eigenvalue weighted by Gasteiger charge is 2.23. The van der Waals surface area contributed by atoms with Gasteiger partial charge >= 0.3 is 11.9 Å². The van der Waals surface area contributed by atoms with Crippen LogP contribution in [0.3, 0.4) is 0 Å². The van der Waals surface area contributed by atoms with E-state index in [0.29, 0.717) is 6.42 Å². The Labute approximate surface area is 100 Å². The topological polar surface area (TPSA) is 85.6 Å². The summed E-state index contributed by atoms with van der Waals surface area (Å²) in [7, 11) is 0. The molecule has 0 aliphatic heterocycles. The van der Waals surface area contributed by atoms with Crippen molar-refractivity contribution >= 4 is 11.9 Å². The quantitative estimate of drug-likeness (QED) is 0.469. The maximum Gasteiger partial charge on any atom is 0.348 e. The van der Waals surface area contributed by atoms with E-state index < -0.39 is 18.0 Å². The number of rotatable bonds is 8. The predicted molar refractivity (Wildman–Crippen MR) is 57.6 cm³/mol. The van der Waals surface area contributed by atoms with E-state index in [1.165, 1.54) is 6.26 Å². The molecule has 0 rings (SSSR count). The SMILES string of the molecule is CCCOC(=O)C(CCC(=O)OCC)OC#N. The molecule has 6 heteroatoms. The Bertz CT molecular complexity index is 284. The van der Waals surface area contributed by atoms with Crippen molar-refractivity contribution in [2.75, 3.05) is 13.2 Å². The van der Waals surface area contributed by atoms with Crippen LogP contribution in [-0.2, 0) is 23.8 Å². The predicted octanol–water partition coefficient (Wildman–Crippen LogP) is 1.15. The van der Waals surface area contributed by atoms with Gasteiger partial charge in [-0.15, -0.1) is 0 Å². The lowest BCUT2D eigenvalue weighted by atomic mass is 10.2. The maximum absolute atomic E-state index is 11.4. The monoisotopic (exact) mass is 243 g/mol. The molecule has 0 saturated carbocycles.